The lowest BCUT2D eigenvalue weighted by Crippen LogP contribution is -2.20. The number of anilines is 2. The van der Waals surface area contributed by atoms with Gasteiger partial charge >= 0.3 is 0 Å². The molecule has 1 amide bonds. The maximum absolute atomic E-state index is 13.6. The van der Waals surface area contributed by atoms with E-state index in [1.165, 1.54) is 42.5 Å². The van der Waals surface area contributed by atoms with Gasteiger partial charge in [0.25, 0.3) is 15.9 Å². The summed E-state index contributed by atoms with van der Waals surface area (Å²) in [6, 6.07) is 16.9. The molecule has 0 fully saturated rings. The molecule has 156 valence electrons. The number of aryl methyl sites for hydroxylation is 2. The Morgan fingerprint density at radius 1 is 0.967 bits per heavy atom. The minimum Gasteiger partial charge on any atom is -0.484 e. The molecule has 6 nitrogen and oxygen atoms in total. The Bertz CT molecular complexity index is 1140. The molecule has 8 heteroatoms. The zero-order valence-electron chi connectivity index (χ0n) is 16.5. The van der Waals surface area contributed by atoms with Crippen molar-refractivity contribution >= 4 is 27.3 Å². The summed E-state index contributed by atoms with van der Waals surface area (Å²) in [6.07, 6.45) is 0. The van der Waals surface area contributed by atoms with Crippen molar-refractivity contribution in [3.05, 3.63) is 83.7 Å². The highest BCUT2D eigenvalue weighted by molar-refractivity contribution is 7.92. The van der Waals surface area contributed by atoms with E-state index in [4.69, 9.17) is 4.74 Å². The highest BCUT2D eigenvalue weighted by Gasteiger charge is 2.15. The zero-order valence-corrected chi connectivity index (χ0v) is 17.3. The molecule has 0 aromatic heterocycles. The first-order chi connectivity index (χ1) is 14.2. The minimum atomic E-state index is -3.77. The number of hydrogen-bond acceptors (Lipinski definition) is 4. The van der Waals surface area contributed by atoms with Gasteiger partial charge in [0.2, 0.25) is 0 Å². The van der Waals surface area contributed by atoms with Gasteiger partial charge in [0, 0.05) is 5.69 Å². The molecule has 0 aliphatic rings. The standard InChI is InChI=1S/C22H21FN2O4S/c1-15-11-16(2)13-17(12-15)25-30(27,28)19-9-7-18(8-10-19)29-14-22(26)24-21-6-4-3-5-20(21)23/h3-13,25H,14H2,1-2H3,(H,24,26). The van der Waals surface area contributed by atoms with Gasteiger partial charge in [-0.05, 0) is 73.5 Å². The molecule has 0 saturated heterocycles. The second kappa shape index (κ2) is 8.96. The second-order valence-corrected chi connectivity index (χ2v) is 8.45. The first-order valence-electron chi connectivity index (χ1n) is 9.11. The number of hydrogen-bond donors (Lipinski definition) is 2. The fraction of sp³-hybridized carbons (Fsp3) is 0.136. The van der Waals surface area contributed by atoms with E-state index < -0.39 is 21.7 Å². The van der Waals surface area contributed by atoms with Crippen molar-refractivity contribution in [2.45, 2.75) is 18.7 Å². The number of sulfonamides is 1. The number of amides is 1. The molecule has 0 aliphatic heterocycles. The third-order valence-electron chi connectivity index (χ3n) is 4.13. The predicted molar refractivity (Wildman–Crippen MR) is 114 cm³/mol. The SMILES string of the molecule is Cc1cc(C)cc(NS(=O)(=O)c2ccc(OCC(=O)Nc3ccccc3F)cc2)c1. The number of para-hydroxylation sites is 1. The average molecular weight is 428 g/mol. The lowest BCUT2D eigenvalue weighted by atomic mass is 10.1. The number of ether oxygens (including phenoxy) is 1. The second-order valence-electron chi connectivity index (χ2n) is 6.77. The molecule has 3 rings (SSSR count). The molecular formula is C22H21FN2O4S. The highest BCUT2D eigenvalue weighted by Crippen LogP contribution is 2.21. The van der Waals surface area contributed by atoms with E-state index in [9.17, 15) is 17.6 Å². The van der Waals surface area contributed by atoms with Gasteiger partial charge in [-0.1, -0.05) is 18.2 Å². The Kier molecular flexibility index (Phi) is 6.37. The Balaban J connectivity index is 1.61. The van der Waals surface area contributed by atoms with E-state index >= 15 is 0 Å². The lowest BCUT2D eigenvalue weighted by molar-refractivity contribution is -0.118. The first kappa shape index (κ1) is 21.3. The lowest BCUT2D eigenvalue weighted by Gasteiger charge is -2.11. The molecule has 0 unspecified atom stereocenters. The Hall–Kier alpha value is -3.39. The largest absolute Gasteiger partial charge is 0.484 e. The van der Waals surface area contributed by atoms with Crippen molar-refractivity contribution in [3.63, 3.8) is 0 Å². The van der Waals surface area contributed by atoms with E-state index in [2.05, 4.69) is 10.0 Å². The quantitative estimate of drug-likeness (QED) is 0.589. The molecule has 0 radical (unpaired) electrons. The summed E-state index contributed by atoms with van der Waals surface area (Å²) >= 11 is 0. The van der Waals surface area contributed by atoms with Crippen LogP contribution >= 0.6 is 0 Å². The van der Waals surface area contributed by atoms with Crippen molar-refractivity contribution in [2.24, 2.45) is 0 Å². The summed E-state index contributed by atoms with van der Waals surface area (Å²) in [5.41, 5.74) is 2.44. The molecule has 0 bridgehead atoms. The van der Waals surface area contributed by atoms with E-state index in [0.29, 0.717) is 11.4 Å². The maximum Gasteiger partial charge on any atom is 0.262 e. The summed E-state index contributed by atoms with van der Waals surface area (Å²) in [4.78, 5) is 12.0. The van der Waals surface area contributed by atoms with Crippen LogP contribution in [0.2, 0.25) is 0 Å². The molecule has 3 aromatic carbocycles. The maximum atomic E-state index is 13.6. The van der Waals surface area contributed by atoms with E-state index in [1.54, 1.807) is 18.2 Å². The van der Waals surface area contributed by atoms with Crippen molar-refractivity contribution in [3.8, 4) is 5.75 Å². The molecule has 0 saturated carbocycles. The number of nitrogens with one attached hydrogen (secondary N) is 2. The summed E-state index contributed by atoms with van der Waals surface area (Å²) < 4.78 is 46.6. The highest BCUT2D eigenvalue weighted by atomic mass is 32.2. The Morgan fingerprint density at radius 2 is 1.60 bits per heavy atom. The third kappa shape index (κ3) is 5.57. The number of carbonyl (C=O) groups excluding carboxylic acids is 1. The van der Waals surface area contributed by atoms with Crippen LogP contribution < -0.4 is 14.8 Å². The predicted octanol–water partition coefficient (Wildman–Crippen LogP) is 4.26. The van der Waals surface area contributed by atoms with Crippen molar-refractivity contribution < 1.29 is 22.3 Å². The van der Waals surface area contributed by atoms with Gasteiger partial charge in [-0.25, -0.2) is 12.8 Å². The van der Waals surface area contributed by atoms with E-state index in [-0.39, 0.29) is 17.2 Å². The molecule has 3 aromatic rings. The monoisotopic (exact) mass is 428 g/mol. The summed E-state index contributed by atoms with van der Waals surface area (Å²) in [7, 11) is -3.77. The number of halogens is 1. The van der Waals surface area contributed by atoms with Gasteiger partial charge in [-0.2, -0.15) is 0 Å². The van der Waals surface area contributed by atoms with Crippen LogP contribution in [0.1, 0.15) is 11.1 Å². The normalized spacial score (nSPS) is 11.0. The van der Waals surface area contributed by atoms with Gasteiger partial charge in [0.15, 0.2) is 6.61 Å². The van der Waals surface area contributed by atoms with Gasteiger partial charge in [0.05, 0.1) is 10.6 Å². The van der Waals surface area contributed by atoms with Crippen LogP contribution in [0, 0.1) is 19.7 Å². The van der Waals surface area contributed by atoms with Gasteiger partial charge in [0.1, 0.15) is 11.6 Å². The molecule has 2 N–H and O–H groups in total. The first-order valence-corrected chi connectivity index (χ1v) is 10.6. The minimum absolute atomic E-state index is 0.0600. The van der Waals surface area contributed by atoms with Crippen LogP contribution in [-0.2, 0) is 14.8 Å². The van der Waals surface area contributed by atoms with Gasteiger partial charge in [-0.15, -0.1) is 0 Å². The fourth-order valence-corrected chi connectivity index (χ4v) is 3.90. The molecule has 0 aliphatic carbocycles. The number of benzene rings is 3. The average Bonchev–Trinajstić information content (AvgIpc) is 2.67. The van der Waals surface area contributed by atoms with Crippen molar-refractivity contribution in [1.29, 1.82) is 0 Å². The molecule has 0 spiro atoms. The number of rotatable bonds is 7. The summed E-state index contributed by atoms with van der Waals surface area (Å²) in [5.74, 6) is -0.769. The topological polar surface area (TPSA) is 84.5 Å². The van der Waals surface area contributed by atoms with Crippen LogP contribution in [0.5, 0.6) is 5.75 Å². The molecule has 0 atom stereocenters. The Labute approximate surface area is 174 Å². The molecule has 30 heavy (non-hydrogen) atoms. The van der Waals surface area contributed by atoms with Crippen LogP contribution in [0.15, 0.2) is 71.6 Å². The fourth-order valence-electron chi connectivity index (χ4n) is 2.86. The number of carbonyl (C=O) groups is 1. The van der Waals surface area contributed by atoms with Crippen molar-refractivity contribution in [1.82, 2.24) is 0 Å². The van der Waals surface area contributed by atoms with Crippen LogP contribution in [0.4, 0.5) is 15.8 Å². The van der Waals surface area contributed by atoms with Gasteiger partial charge in [-0.3, -0.25) is 9.52 Å². The molecule has 0 heterocycles. The third-order valence-corrected chi connectivity index (χ3v) is 5.52. The van der Waals surface area contributed by atoms with Crippen LogP contribution in [0.25, 0.3) is 0 Å². The smallest absolute Gasteiger partial charge is 0.262 e. The summed E-state index contributed by atoms with van der Waals surface area (Å²) in [5, 5.41) is 2.41. The Morgan fingerprint density at radius 3 is 2.23 bits per heavy atom. The van der Waals surface area contributed by atoms with E-state index in [1.807, 2.05) is 19.9 Å². The summed E-state index contributed by atoms with van der Waals surface area (Å²) in [6.45, 7) is 3.43. The zero-order chi connectivity index (χ0) is 21.7. The van der Waals surface area contributed by atoms with Gasteiger partial charge < -0.3 is 10.1 Å². The van der Waals surface area contributed by atoms with E-state index in [0.717, 1.165) is 11.1 Å². The molecular weight excluding hydrogens is 407 g/mol. The van der Waals surface area contributed by atoms with Crippen LogP contribution in [-0.4, -0.2) is 20.9 Å². The van der Waals surface area contributed by atoms with Crippen LogP contribution in [0.3, 0.4) is 0 Å². The van der Waals surface area contributed by atoms with Crippen molar-refractivity contribution in [2.75, 3.05) is 16.6 Å².